The van der Waals surface area contributed by atoms with Crippen LogP contribution in [0, 0.1) is 0 Å². The first-order valence-corrected chi connectivity index (χ1v) is 7.68. The number of hydrogen-bond acceptors (Lipinski definition) is 6. The molecule has 8 nitrogen and oxygen atoms in total. The summed E-state index contributed by atoms with van der Waals surface area (Å²) in [7, 11) is 0. The fourth-order valence-corrected chi connectivity index (χ4v) is 1.63. The third-order valence-corrected chi connectivity index (χ3v) is 2.53. The Bertz CT molecular complexity index is 654. The van der Waals surface area contributed by atoms with Crippen molar-refractivity contribution in [2.45, 2.75) is 52.7 Å². The maximum Gasteiger partial charge on any atom is 0.440 e. The van der Waals surface area contributed by atoms with E-state index in [1.54, 1.807) is 53.7 Å². The lowest BCUT2D eigenvalue weighted by atomic mass is 10.2. The van der Waals surface area contributed by atoms with Gasteiger partial charge in [0.05, 0.1) is 0 Å². The van der Waals surface area contributed by atoms with Gasteiger partial charge in [-0.2, -0.15) is 4.99 Å². The zero-order valence-electron chi connectivity index (χ0n) is 15.4. The normalized spacial score (nSPS) is 12.5. The van der Waals surface area contributed by atoms with E-state index in [0.717, 1.165) is 0 Å². The summed E-state index contributed by atoms with van der Waals surface area (Å²) >= 11 is 0. The summed E-state index contributed by atoms with van der Waals surface area (Å²) in [5.41, 5.74) is 4.78. The van der Waals surface area contributed by atoms with Gasteiger partial charge in [-0.1, -0.05) is 0 Å². The molecule has 0 heterocycles. The molecule has 1 rings (SSSR count). The second kappa shape index (κ2) is 7.52. The van der Waals surface area contributed by atoms with E-state index in [-0.39, 0.29) is 16.5 Å². The van der Waals surface area contributed by atoms with Gasteiger partial charge in [-0.25, -0.2) is 9.59 Å². The Morgan fingerprint density at radius 3 is 1.92 bits per heavy atom. The lowest BCUT2D eigenvalue weighted by Crippen LogP contribution is -2.39. The maximum absolute atomic E-state index is 12.1. The van der Waals surface area contributed by atoms with Gasteiger partial charge in [0.2, 0.25) is 0 Å². The van der Waals surface area contributed by atoms with Crippen molar-refractivity contribution < 1.29 is 24.3 Å². The molecule has 0 spiro atoms. The van der Waals surface area contributed by atoms with E-state index in [0.29, 0.717) is 5.69 Å². The third kappa shape index (κ3) is 7.21. The number of carbonyl (C=O) groups is 2. The van der Waals surface area contributed by atoms with Crippen LogP contribution >= 0.6 is 0 Å². The molecule has 0 fully saturated rings. The predicted octanol–water partition coefficient (Wildman–Crippen LogP) is 3.58. The minimum atomic E-state index is -1.08. The summed E-state index contributed by atoms with van der Waals surface area (Å²) in [5, 5.41) is 10.4. The zero-order chi connectivity index (χ0) is 19.4. The van der Waals surface area contributed by atoms with E-state index < -0.39 is 23.4 Å². The third-order valence-electron chi connectivity index (χ3n) is 2.53. The van der Waals surface area contributed by atoms with Crippen molar-refractivity contribution in [3.8, 4) is 0 Å². The zero-order valence-corrected chi connectivity index (χ0v) is 15.4. The van der Waals surface area contributed by atoms with Gasteiger partial charge in [-0.15, -0.1) is 5.06 Å². The number of benzene rings is 1. The number of nitrogens with zero attached hydrogens (tertiary/aromatic N) is 2. The molecule has 0 aliphatic heterocycles. The van der Waals surface area contributed by atoms with E-state index >= 15 is 0 Å². The molecule has 1 aromatic rings. The standard InChI is InChI=1S/C17H25N3O5/c1-16(2,3)24-14(21)19-13(11-7-9-12(18)10-8-11)20(23)15(22)25-17(4,5)6/h7-10,23H,18H2,1-6H3. The Hall–Kier alpha value is -2.61. The smallest absolute Gasteiger partial charge is 0.440 e. The van der Waals surface area contributed by atoms with Crippen molar-refractivity contribution in [3.05, 3.63) is 29.8 Å². The molecule has 0 saturated carbocycles. The fourth-order valence-electron chi connectivity index (χ4n) is 1.63. The van der Waals surface area contributed by atoms with Crippen molar-refractivity contribution in [1.82, 2.24) is 5.06 Å². The quantitative estimate of drug-likeness (QED) is 0.263. The number of ether oxygens (including phenoxy) is 2. The van der Waals surface area contributed by atoms with Crippen LogP contribution in [0.15, 0.2) is 29.3 Å². The Kier molecular flexibility index (Phi) is 6.15. The number of nitrogen functional groups attached to an aromatic ring is 1. The van der Waals surface area contributed by atoms with Crippen molar-refractivity contribution in [3.63, 3.8) is 0 Å². The van der Waals surface area contributed by atoms with Crippen molar-refractivity contribution in [1.29, 1.82) is 0 Å². The summed E-state index contributed by atoms with van der Waals surface area (Å²) in [4.78, 5) is 27.8. The Labute approximate surface area is 147 Å². The molecule has 8 heteroatoms. The molecule has 1 aromatic carbocycles. The lowest BCUT2D eigenvalue weighted by Gasteiger charge is -2.24. The van der Waals surface area contributed by atoms with Crippen molar-refractivity contribution in [2.75, 3.05) is 5.73 Å². The Balaban J connectivity index is 3.21. The molecule has 0 bridgehead atoms. The first kappa shape index (κ1) is 20.4. The molecule has 2 amide bonds. The van der Waals surface area contributed by atoms with Gasteiger partial charge in [-0.3, -0.25) is 5.21 Å². The molecule has 0 aliphatic carbocycles. The number of amidine groups is 1. The highest BCUT2D eigenvalue weighted by molar-refractivity contribution is 6.09. The monoisotopic (exact) mass is 351 g/mol. The SMILES string of the molecule is CC(C)(C)OC(=O)N=C(c1ccc(N)cc1)N(O)C(=O)OC(C)(C)C. The molecule has 25 heavy (non-hydrogen) atoms. The Morgan fingerprint density at radius 1 is 1.00 bits per heavy atom. The van der Waals surface area contributed by atoms with Crippen molar-refractivity contribution >= 4 is 23.7 Å². The molecule has 0 saturated heterocycles. The topological polar surface area (TPSA) is 114 Å². The fraction of sp³-hybridized carbons (Fsp3) is 0.471. The largest absolute Gasteiger partial charge is 0.442 e. The average Bonchev–Trinajstić information content (AvgIpc) is 2.41. The summed E-state index contributed by atoms with van der Waals surface area (Å²) in [5.74, 6) is -0.330. The van der Waals surface area contributed by atoms with Crippen LogP contribution in [0.25, 0.3) is 0 Å². The Morgan fingerprint density at radius 2 is 1.48 bits per heavy atom. The first-order chi connectivity index (χ1) is 11.3. The number of anilines is 1. The van der Waals surface area contributed by atoms with E-state index in [1.165, 1.54) is 12.1 Å². The van der Waals surface area contributed by atoms with Gasteiger partial charge in [-0.05, 0) is 65.8 Å². The molecular formula is C17H25N3O5. The number of hydroxylamine groups is 2. The molecule has 0 atom stereocenters. The maximum atomic E-state index is 12.1. The van der Waals surface area contributed by atoms with Crippen LogP contribution in [0.1, 0.15) is 47.1 Å². The highest BCUT2D eigenvalue weighted by Gasteiger charge is 2.27. The lowest BCUT2D eigenvalue weighted by molar-refractivity contribution is -0.0464. The summed E-state index contributed by atoms with van der Waals surface area (Å²) < 4.78 is 10.2. The predicted molar refractivity (Wildman–Crippen MR) is 93.5 cm³/mol. The van der Waals surface area contributed by atoms with Crippen LogP contribution in [0.3, 0.4) is 0 Å². The average molecular weight is 351 g/mol. The van der Waals surface area contributed by atoms with Gasteiger partial charge >= 0.3 is 12.2 Å². The minimum Gasteiger partial charge on any atom is -0.442 e. The van der Waals surface area contributed by atoms with E-state index in [1.807, 2.05) is 0 Å². The number of carbonyl (C=O) groups excluding carboxylic acids is 2. The van der Waals surface area contributed by atoms with Crippen molar-refractivity contribution in [2.24, 2.45) is 4.99 Å². The van der Waals surface area contributed by atoms with Crippen LogP contribution in [-0.4, -0.2) is 39.5 Å². The molecular weight excluding hydrogens is 326 g/mol. The highest BCUT2D eigenvalue weighted by Crippen LogP contribution is 2.15. The molecule has 0 aromatic heterocycles. The molecule has 0 unspecified atom stereocenters. The van der Waals surface area contributed by atoms with Crippen LogP contribution in [0.4, 0.5) is 15.3 Å². The van der Waals surface area contributed by atoms with Gasteiger partial charge < -0.3 is 15.2 Å². The molecule has 0 aliphatic rings. The van der Waals surface area contributed by atoms with E-state index in [4.69, 9.17) is 15.2 Å². The van der Waals surface area contributed by atoms with Crippen LogP contribution in [0.2, 0.25) is 0 Å². The summed E-state index contributed by atoms with van der Waals surface area (Å²) in [6.07, 6.45) is -2.03. The van der Waals surface area contributed by atoms with Gasteiger partial charge in [0.15, 0.2) is 5.84 Å². The molecule has 3 N–H and O–H groups in total. The van der Waals surface area contributed by atoms with E-state index in [2.05, 4.69) is 4.99 Å². The summed E-state index contributed by atoms with van der Waals surface area (Å²) in [6.45, 7) is 9.96. The van der Waals surface area contributed by atoms with Gasteiger partial charge in [0.25, 0.3) is 0 Å². The van der Waals surface area contributed by atoms with Gasteiger partial charge in [0.1, 0.15) is 11.2 Å². The molecule has 0 radical (unpaired) electrons. The van der Waals surface area contributed by atoms with E-state index in [9.17, 15) is 14.8 Å². The summed E-state index contributed by atoms with van der Waals surface area (Å²) in [6, 6.07) is 6.10. The van der Waals surface area contributed by atoms with Crippen LogP contribution < -0.4 is 5.73 Å². The van der Waals surface area contributed by atoms with Crippen LogP contribution in [0.5, 0.6) is 0 Å². The molecule has 138 valence electrons. The van der Waals surface area contributed by atoms with Crippen LogP contribution in [-0.2, 0) is 9.47 Å². The number of aliphatic imine (C=N–C) groups is 1. The second-order valence-corrected chi connectivity index (χ2v) is 7.33. The number of rotatable bonds is 1. The minimum absolute atomic E-state index is 0.167. The highest BCUT2D eigenvalue weighted by atomic mass is 16.6. The first-order valence-electron chi connectivity index (χ1n) is 7.68. The number of nitrogens with two attached hydrogens (primary N) is 1. The van der Waals surface area contributed by atoms with Gasteiger partial charge in [0, 0.05) is 11.3 Å². The number of amides is 2. The number of hydrogen-bond donors (Lipinski definition) is 2. The second-order valence-electron chi connectivity index (χ2n) is 7.33.